The lowest BCUT2D eigenvalue weighted by Gasteiger charge is -2.16. The molecule has 1 aromatic rings. The van der Waals surface area contributed by atoms with E-state index in [2.05, 4.69) is 27.8 Å². The Kier molecular flexibility index (Phi) is 5.21. The zero-order valence-electron chi connectivity index (χ0n) is 11.3. The van der Waals surface area contributed by atoms with E-state index < -0.39 is 9.84 Å². The van der Waals surface area contributed by atoms with Crippen LogP contribution in [-0.4, -0.2) is 47.2 Å². The number of hydrogen-bond donors (Lipinski definition) is 1. The van der Waals surface area contributed by atoms with Crippen LogP contribution in [-0.2, 0) is 9.84 Å². The van der Waals surface area contributed by atoms with Gasteiger partial charge in [0.15, 0.2) is 5.82 Å². The van der Waals surface area contributed by atoms with E-state index in [9.17, 15) is 8.42 Å². The van der Waals surface area contributed by atoms with E-state index in [1.165, 1.54) is 6.26 Å². The van der Waals surface area contributed by atoms with Crippen molar-refractivity contribution in [1.29, 1.82) is 0 Å². The number of rotatable bonds is 7. The summed E-state index contributed by atoms with van der Waals surface area (Å²) >= 11 is 0. The van der Waals surface area contributed by atoms with Gasteiger partial charge >= 0.3 is 0 Å². The lowest BCUT2D eigenvalue weighted by atomic mass is 10.3. The molecule has 0 saturated heterocycles. The molecule has 0 bridgehead atoms. The second-order valence-corrected chi connectivity index (χ2v) is 6.78. The molecule has 0 aliphatic rings. The van der Waals surface area contributed by atoms with E-state index in [0.717, 1.165) is 13.0 Å². The standard InChI is InChI=1S/C10H21N5O2S/c1-5-6-11-9(3)10-12-13-14-15(10)8(2)7-18(4,16)17/h8-9,11H,5-7H2,1-4H3. The Labute approximate surface area is 108 Å². The SMILES string of the molecule is CCCNC(C)c1nnnn1C(C)CS(C)(=O)=O. The minimum absolute atomic E-state index is 0.00182. The largest absolute Gasteiger partial charge is 0.307 e. The van der Waals surface area contributed by atoms with Gasteiger partial charge in [0, 0.05) is 6.26 Å². The first-order valence-corrected chi connectivity index (χ1v) is 8.10. The first-order chi connectivity index (χ1) is 8.35. The van der Waals surface area contributed by atoms with Crippen LogP contribution in [0.5, 0.6) is 0 Å². The average Bonchev–Trinajstić information content (AvgIpc) is 2.72. The number of nitrogens with one attached hydrogen (secondary N) is 1. The third-order valence-electron chi connectivity index (χ3n) is 2.57. The van der Waals surface area contributed by atoms with Gasteiger partial charge in [0.05, 0.1) is 17.8 Å². The summed E-state index contributed by atoms with van der Waals surface area (Å²) in [5.74, 6) is 0.700. The van der Waals surface area contributed by atoms with Crippen LogP contribution in [0.2, 0.25) is 0 Å². The Balaban J connectivity index is 2.81. The maximum Gasteiger partial charge on any atom is 0.168 e. The quantitative estimate of drug-likeness (QED) is 0.771. The van der Waals surface area contributed by atoms with Gasteiger partial charge in [-0.05, 0) is 37.2 Å². The summed E-state index contributed by atoms with van der Waals surface area (Å²) in [5.41, 5.74) is 0. The van der Waals surface area contributed by atoms with Gasteiger partial charge in [-0.2, -0.15) is 0 Å². The molecule has 7 nitrogen and oxygen atoms in total. The number of hydrogen-bond acceptors (Lipinski definition) is 6. The van der Waals surface area contributed by atoms with Crippen molar-refractivity contribution in [3.8, 4) is 0 Å². The summed E-state index contributed by atoms with van der Waals surface area (Å²) in [6, 6.07) is -0.266. The lowest BCUT2D eigenvalue weighted by molar-refractivity contribution is 0.447. The first kappa shape index (κ1) is 15.0. The van der Waals surface area contributed by atoms with Gasteiger partial charge in [-0.3, -0.25) is 0 Å². The highest BCUT2D eigenvalue weighted by Crippen LogP contribution is 2.14. The Morgan fingerprint density at radius 3 is 2.61 bits per heavy atom. The summed E-state index contributed by atoms with van der Waals surface area (Å²) in [5, 5.41) is 14.8. The Bertz CT molecular complexity index is 470. The molecule has 1 heterocycles. The van der Waals surface area contributed by atoms with Gasteiger partial charge in [-0.15, -0.1) is 5.10 Å². The molecule has 0 aliphatic carbocycles. The van der Waals surface area contributed by atoms with Crippen LogP contribution in [0.1, 0.15) is 45.1 Å². The monoisotopic (exact) mass is 275 g/mol. The minimum atomic E-state index is -3.05. The summed E-state index contributed by atoms with van der Waals surface area (Å²) in [4.78, 5) is 0. The van der Waals surface area contributed by atoms with E-state index >= 15 is 0 Å². The fourth-order valence-corrected chi connectivity index (χ4v) is 2.78. The molecular weight excluding hydrogens is 254 g/mol. The molecule has 1 N–H and O–H groups in total. The Morgan fingerprint density at radius 1 is 1.39 bits per heavy atom. The normalized spacial score (nSPS) is 15.6. The highest BCUT2D eigenvalue weighted by molar-refractivity contribution is 7.90. The van der Waals surface area contributed by atoms with Crippen LogP contribution >= 0.6 is 0 Å². The molecule has 8 heteroatoms. The van der Waals surface area contributed by atoms with Crippen molar-refractivity contribution in [2.24, 2.45) is 0 Å². The second kappa shape index (κ2) is 6.24. The Hall–Kier alpha value is -1.02. The second-order valence-electron chi connectivity index (χ2n) is 4.60. The van der Waals surface area contributed by atoms with E-state index in [1.54, 1.807) is 11.6 Å². The molecule has 1 rings (SSSR count). The molecule has 0 amide bonds. The number of aromatic nitrogens is 4. The van der Waals surface area contributed by atoms with Crippen LogP contribution in [0, 0.1) is 0 Å². The van der Waals surface area contributed by atoms with Gasteiger partial charge in [0.25, 0.3) is 0 Å². The van der Waals surface area contributed by atoms with Gasteiger partial charge < -0.3 is 5.32 Å². The van der Waals surface area contributed by atoms with Gasteiger partial charge in [-0.1, -0.05) is 6.92 Å². The Morgan fingerprint density at radius 2 is 2.06 bits per heavy atom. The fraction of sp³-hybridized carbons (Fsp3) is 0.900. The fourth-order valence-electron chi connectivity index (χ4n) is 1.76. The molecule has 2 atom stereocenters. The molecule has 0 aliphatic heterocycles. The summed E-state index contributed by atoms with van der Waals surface area (Å²) in [7, 11) is -3.05. The maximum atomic E-state index is 11.3. The van der Waals surface area contributed by atoms with Crippen molar-refractivity contribution in [1.82, 2.24) is 25.5 Å². The molecule has 0 fully saturated rings. The molecule has 2 unspecified atom stereocenters. The average molecular weight is 275 g/mol. The van der Waals surface area contributed by atoms with Crippen molar-refractivity contribution < 1.29 is 8.42 Å². The van der Waals surface area contributed by atoms with Crippen LogP contribution < -0.4 is 5.32 Å². The lowest BCUT2D eigenvalue weighted by Crippen LogP contribution is -2.26. The summed E-state index contributed by atoms with van der Waals surface area (Å²) < 4.78 is 24.2. The number of tetrazole rings is 1. The molecule has 0 saturated carbocycles. The highest BCUT2D eigenvalue weighted by atomic mass is 32.2. The van der Waals surface area contributed by atoms with Crippen molar-refractivity contribution >= 4 is 9.84 Å². The topological polar surface area (TPSA) is 89.8 Å². The zero-order chi connectivity index (χ0) is 13.8. The van der Waals surface area contributed by atoms with Crippen molar-refractivity contribution in [3.05, 3.63) is 5.82 Å². The highest BCUT2D eigenvalue weighted by Gasteiger charge is 2.20. The zero-order valence-corrected chi connectivity index (χ0v) is 12.1. The third kappa shape index (κ3) is 4.34. The molecule has 0 radical (unpaired) electrons. The van der Waals surface area contributed by atoms with Crippen LogP contribution in [0.4, 0.5) is 0 Å². The third-order valence-corrected chi connectivity index (χ3v) is 3.66. The molecule has 18 heavy (non-hydrogen) atoms. The minimum Gasteiger partial charge on any atom is -0.307 e. The molecule has 104 valence electrons. The van der Waals surface area contributed by atoms with E-state index in [4.69, 9.17) is 0 Å². The van der Waals surface area contributed by atoms with E-state index in [1.807, 2.05) is 6.92 Å². The van der Waals surface area contributed by atoms with E-state index in [0.29, 0.717) is 5.82 Å². The molecule has 0 aromatic carbocycles. The van der Waals surface area contributed by atoms with E-state index in [-0.39, 0.29) is 17.8 Å². The molecule has 0 spiro atoms. The predicted molar refractivity (Wildman–Crippen MR) is 68.9 cm³/mol. The van der Waals surface area contributed by atoms with Gasteiger partial charge in [0.2, 0.25) is 0 Å². The smallest absolute Gasteiger partial charge is 0.168 e. The predicted octanol–water partition coefficient (Wildman–Crippen LogP) is 0.339. The van der Waals surface area contributed by atoms with Crippen LogP contribution in [0.25, 0.3) is 0 Å². The van der Waals surface area contributed by atoms with Crippen molar-refractivity contribution in [3.63, 3.8) is 0 Å². The van der Waals surface area contributed by atoms with Crippen LogP contribution in [0.3, 0.4) is 0 Å². The molecular formula is C10H21N5O2S. The number of sulfone groups is 1. The first-order valence-electron chi connectivity index (χ1n) is 6.04. The summed E-state index contributed by atoms with van der Waals surface area (Å²) in [6.45, 7) is 6.71. The van der Waals surface area contributed by atoms with Gasteiger partial charge in [0.1, 0.15) is 9.84 Å². The van der Waals surface area contributed by atoms with Crippen molar-refractivity contribution in [2.45, 2.75) is 39.3 Å². The maximum absolute atomic E-state index is 11.3. The van der Waals surface area contributed by atoms with Crippen LogP contribution in [0.15, 0.2) is 0 Å². The number of nitrogens with zero attached hydrogens (tertiary/aromatic N) is 4. The van der Waals surface area contributed by atoms with Crippen molar-refractivity contribution in [2.75, 3.05) is 18.6 Å². The molecule has 1 aromatic heterocycles. The summed E-state index contributed by atoms with van der Waals surface area (Å²) in [6.07, 6.45) is 2.23. The van der Waals surface area contributed by atoms with Gasteiger partial charge in [-0.25, -0.2) is 13.1 Å².